The van der Waals surface area contributed by atoms with E-state index in [1.807, 2.05) is 6.07 Å². The van der Waals surface area contributed by atoms with Gasteiger partial charge in [-0.2, -0.15) is 0 Å². The fourth-order valence-corrected chi connectivity index (χ4v) is 5.92. The van der Waals surface area contributed by atoms with Crippen molar-refractivity contribution >= 4 is 15.9 Å². The van der Waals surface area contributed by atoms with E-state index >= 15 is 0 Å². The van der Waals surface area contributed by atoms with E-state index in [0.717, 1.165) is 25.3 Å². The number of likely N-dealkylation sites (N-methyl/N-ethyl adjacent to an activating group) is 2. The molecule has 0 saturated heterocycles. The Morgan fingerprint density at radius 3 is 2.37 bits per heavy atom. The van der Waals surface area contributed by atoms with Crippen LogP contribution in [0.1, 0.15) is 28.7 Å². The highest BCUT2D eigenvalue weighted by atomic mass is 32.2. The van der Waals surface area contributed by atoms with Gasteiger partial charge in [-0.25, -0.2) is 12.7 Å². The van der Waals surface area contributed by atoms with E-state index in [0.29, 0.717) is 30.0 Å². The molecule has 0 aromatic heterocycles. The highest BCUT2D eigenvalue weighted by Gasteiger charge is 2.26. The monoisotopic (exact) mass is 503 g/mol. The lowest BCUT2D eigenvalue weighted by molar-refractivity contribution is -0.130. The quantitative estimate of drug-likeness (QED) is 0.496. The van der Waals surface area contributed by atoms with Crippen LogP contribution in [0.4, 0.5) is 0 Å². The van der Waals surface area contributed by atoms with Crippen LogP contribution in [0, 0.1) is 13.8 Å². The molecule has 2 aromatic carbocycles. The summed E-state index contributed by atoms with van der Waals surface area (Å²) in [6.45, 7) is 6.35. The predicted molar refractivity (Wildman–Crippen MR) is 137 cm³/mol. The first kappa shape index (κ1) is 27.0. The molecular formula is C26H37N3O5S. The van der Waals surface area contributed by atoms with Crippen molar-refractivity contribution in [3.8, 4) is 11.5 Å². The zero-order valence-electron chi connectivity index (χ0n) is 21.6. The summed E-state index contributed by atoms with van der Waals surface area (Å²) >= 11 is 0. The maximum atomic E-state index is 13.1. The van der Waals surface area contributed by atoms with Gasteiger partial charge in [0.05, 0.1) is 18.6 Å². The number of hydrogen-bond acceptors (Lipinski definition) is 6. The Hall–Kier alpha value is -2.62. The largest absolute Gasteiger partial charge is 0.497 e. The summed E-state index contributed by atoms with van der Waals surface area (Å²) in [6.07, 6.45) is 1.14. The minimum absolute atomic E-state index is 0.0889. The maximum absolute atomic E-state index is 13.1. The molecule has 0 N–H and O–H groups in total. The molecule has 192 valence electrons. The number of rotatable bonds is 10. The SMILES string of the molecule is COc1cc(C)c(S(=O)(=O)N(C)CCC(=O)N(C)CCOc2ccc3c(c2)CN(C)CC3)c(C)c1. The first-order valence-electron chi connectivity index (χ1n) is 11.8. The number of hydrogen-bond donors (Lipinski definition) is 0. The predicted octanol–water partition coefficient (Wildman–Crippen LogP) is 2.85. The summed E-state index contributed by atoms with van der Waals surface area (Å²) in [7, 11) is 3.14. The van der Waals surface area contributed by atoms with Gasteiger partial charge in [-0.15, -0.1) is 0 Å². The number of nitrogens with zero attached hydrogens (tertiary/aromatic N) is 3. The van der Waals surface area contributed by atoms with Gasteiger partial charge >= 0.3 is 0 Å². The van der Waals surface area contributed by atoms with Gasteiger partial charge in [0.15, 0.2) is 0 Å². The number of sulfonamides is 1. The number of carbonyl (C=O) groups excluding carboxylic acids is 1. The van der Waals surface area contributed by atoms with E-state index in [2.05, 4.69) is 24.1 Å². The molecule has 0 saturated carbocycles. The smallest absolute Gasteiger partial charge is 0.243 e. The number of amides is 1. The molecule has 1 heterocycles. The second-order valence-electron chi connectivity index (χ2n) is 9.25. The van der Waals surface area contributed by atoms with Crippen molar-refractivity contribution < 1.29 is 22.7 Å². The van der Waals surface area contributed by atoms with Crippen molar-refractivity contribution in [2.45, 2.75) is 38.1 Å². The van der Waals surface area contributed by atoms with Crippen LogP contribution < -0.4 is 9.47 Å². The number of carbonyl (C=O) groups is 1. The number of aryl methyl sites for hydroxylation is 2. The molecule has 35 heavy (non-hydrogen) atoms. The number of methoxy groups -OCH3 is 1. The Labute approximate surface area is 209 Å². The molecule has 2 aromatic rings. The Balaban J connectivity index is 1.50. The topological polar surface area (TPSA) is 79.4 Å². The van der Waals surface area contributed by atoms with Crippen LogP contribution in [0.3, 0.4) is 0 Å². The minimum Gasteiger partial charge on any atom is -0.497 e. The van der Waals surface area contributed by atoms with Crippen molar-refractivity contribution in [2.24, 2.45) is 0 Å². The lowest BCUT2D eigenvalue weighted by atomic mass is 10.00. The van der Waals surface area contributed by atoms with E-state index < -0.39 is 10.0 Å². The molecule has 0 spiro atoms. The second-order valence-corrected chi connectivity index (χ2v) is 11.2. The summed E-state index contributed by atoms with van der Waals surface area (Å²) in [5.74, 6) is 1.28. The molecule has 0 atom stereocenters. The van der Waals surface area contributed by atoms with Crippen molar-refractivity contribution in [3.63, 3.8) is 0 Å². The van der Waals surface area contributed by atoms with E-state index in [-0.39, 0.29) is 23.8 Å². The highest BCUT2D eigenvalue weighted by Crippen LogP contribution is 2.28. The lowest BCUT2D eigenvalue weighted by Gasteiger charge is -2.25. The first-order chi connectivity index (χ1) is 16.5. The molecule has 9 heteroatoms. The number of ether oxygens (including phenoxy) is 2. The molecule has 0 fully saturated rings. The van der Waals surface area contributed by atoms with Gasteiger partial charge in [0.1, 0.15) is 18.1 Å². The molecule has 1 aliphatic rings. The molecule has 8 nitrogen and oxygen atoms in total. The first-order valence-corrected chi connectivity index (χ1v) is 13.3. The van der Waals surface area contributed by atoms with Crippen molar-refractivity contribution in [1.82, 2.24) is 14.1 Å². The maximum Gasteiger partial charge on any atom is 0.243 e. The van der Waals surface area contributed by atoms with Crippen LogP contribution in [0.5, 0.6) is 11.5 Å². The third-order valence-electron chi connectivity index (χ3n) is 6.48. The third-order valence-corrected chi connectivity index (χ3v) is 8.64. The Bertz CT molecular complexity index is 1140. The molecular weight excluding hydrogens is 466 g/mol. The van der Waals surface area contributed by atoms with Gasteiger partial charge in [0.2, 0.25) is 15.9 Å². The molecule has 3 rings (SSSR count). The van der Waals surface area contributed by atoms with Gasteiger partial charge in [-0.1, -0.05) is 6.07 Å². The fourth-order valence-electron chi connectivity index (χ4n) is 4.34. The fraction of sp³-hybridized carbons (Fsp3) is 0.500. The van der Waals surface area contributed by atoms with Crippen LogP contribution >= 0.6 is 0 Å². The summed E-state index contributed by atoms with van der Waals surface area (Å²) in [4.78, 5) is 16.7. The van der Waals surface area contributed by atoms with E-state index in [1.54, 1.807) is 45.0 Å². The van der Waals surface area contributed by atoms with Crippen LogP contribution in [0.25, 0.3) is 0 Å². The Morgan fingerprint density at radius 2 is 1.71 bits per heavy atom. The molecule has 0 radical (unpaired) electrons. The Kier molecular flexibility index (Phi) is 8.79. The summed E-state index contributed by atoms with van der Waals surface area (Å²) in [5, 5.41) is 0. The van der Waals surface area contributed by atoms with Crippen molar-refractivity contribution in [3.05, 3.63) is 52.6 Å². The summed E-state index contributed by atoms with van der Waals surface area (Å²) in [6, 6.07) is 9.58. The normalized spacial score (nSPS) is 14.0. The average Bonchev–Trinajstić information content (AvgIpc) is 2.81. The van der Waals surface area contributed by atoms with Crippen LogP contribution in [-0.4, -0.2) is 82.9 Å². The lowest BCUT2D eigenvalue weighted by Crippen LogP contribution is -2.35. The van der Waals surface area contributed by atoms with Crippen LogP contribution in [0.15, 0.2) is 35.2 Å². The zero-order valence-corrected chi connectivity index (χ0v) is 22.4. The number of fused-ring (bicyclic) bond motifs is 1. The molecule has 0 bridgehead atoms. The minimum atomic E-state index is -3.73. The van der Waals surface area contributed by atoms with E-state index in [9.17, 15) is 13.2 Å². The van der Waals surface area contributed by atoms with E-state index in [1.165, 1.54) is 22.5 Å². The van der Waals surface area contributed by atoms with Gasteiger partial charge in [0.25, 0.3) is 0 Å². The van der Waals surface area contributed by atoms with Gasteiger partial charge < -0.3 is 19.3 Å². The van der Waals surface area contributed by atoms with E-state index in [4.69, 9.17) is 9.47 Å². The Morgan fingerprint density at radius 1 is 1.03 bits per heavy atom. The van der Waals surface area contributed by atoms with Crippen LogP contribution in [0.2, 0.25) is 0 Å². The van der Waals surface area contributed by atoms with Gasteiger partial charge in [-0.3, -0.25) is 4.79 Å². The standard InChI is InChI=1S/C26H37N3O5S/c1-19-15-24(33-6)16-20(2)26(19)35(31,32)29(5)12-10-25(30)28(4)13-14-34-23-8-7-21-9-11-27(3)18-22(21)17-23/h7-8,15-17H,9-14,18H2,1-6H3. The van der Waals surface area contributed by atoms with Crippen molar-refractivity contribution in [1.29, 1.82) is 0 Å². The second kappa shape index (κ2) is 11.4. The molecule has 1 aliphatic heterocycles. The third kappa shape index (κ3) is 6.54. The summed E-state index contributed by atoms with van der Waals surface area (Å²) < 4.78 is 38.6. The van der Waals surface area contributed by atoms with Crippen LogP contribution in [-0.2, 0) is 27.8 Å². The van der Waals surface area contributed by atoms with Crippen molar-refractivity contribution in [2.75, 3.05) is 54.5 Å². The highest BCUT2D eigenvalue weighted by molar-refractivity contribution is 7.89. The molecule has 0 unspecified atom stereocenters. The number of benzene rings is 2. The summed E-state index contributed by atoms with van der Waals surface area (Å²) in [5.41, 5.74) is 3.88. The zero-order chi connectivity index (χ0) is 25.8. The molecule has 1 amide bonds. The van der Waals surface area contributed by atoms with Gasteiger partial charge in [0, 0.05) is 40.2 Å². The van der Waals surface area contributed by atoms with Gasteiger partial charge in [-0.05, 0) is 73.8 Å². The average molecular weight is 504 g/mol. The molecule has 0 aliphatic carbocycles.